The van der Waals surface area contributed by atoms with Crippen LogP contribution in [0.1, 0.15) is 25.0 Å². The van der Waals surface area contributed by atoms with Crippen molar-refractivity contribution < 1.29 is 24.5 Å². The first-order chi connectivity index (χ1) is 9.60. The highest BCUT2D eigenvalue weighted by molar-refractivity contribution is 5.75. The van der Waals surface area contributed by atoms with Gasteiger partial charge >= 0.3 is 5.97 Å². The Morgan fingerprint density at radius 1 is 1.35 bits per heavy atom. The zero-order chi connectivity index (χ0) is 15.0. The second-order valence-electron chi connectivity index (χ2n) is 3.97. The zero-order valence-corrected chi connectivity index (χ0v) is 11.2. The van der Waals surface area contributed by atoms with Crippen molar-refractivity contribution in [3.8, 4) is 11.8 Å². The van der Waals surface area contributed by atoms with Crippen LogP contribution >= 0.6 is 0 Å². The van der Waals surface area contributed by atoms with Gasteiger partial charge in [-0.25, -0.2) is 4.79 Å². The number of hydrogen-bond donors (Lipinski definition) is 2. The van der Waals surface area contributed by atoms with E-state index in [-0.39, 0.29) is 19.6 Å². The maximum Gasteiger partial charge on any atom is 0.338 e. The van der Waals surface area contributed by atoms with Crippen molar-refractivity contribution in [3.63, 3.8) is 0 Å². The first-order valence-electron chi connectivity index (χ1n) is 6.22. The van der Waals surface area contributed by atoms with Gasteiger partial charge in [-0.15, -0.1) is 0 Å². The SMILES string of the molecule is CCOC(=O)C(O)C(O)c1ccc(OCCC#N)cc1. The molecule has 20 heavy (non-hydrogen) atoms. The Morgan fingerprint density at radius 3 is 2.55 bits per heavy atom. The summed E-state index contributed by atoms with van der Waals surface area (Å²) in [5.41, 5.74) is 0.373. The van der Waals surface area contributed by atoms with Gasteiger partial charge in [-0.1, -0.05) is 12.1 Å². The molecule has 0 saturated carbocycles. The van der Waals surface area contributed by atoms with Crippen LogP contribution in [-0.4, -0.2) is 35.5 Å². The van der Waals surface area contributed by atoms with Crippen LogP contribution in [0.3, 0.4) is 0 Å². The summed E-state index contributed by atoms with van der Waals surface area (Å²) in [6.45, 7) is 2.03. The van der Waals surface area contributed by atoms with Crippen LogP contribution < -0.4 is 4.74 Å². The van der Waals surface area contributed by atoms with E-state index >= 15 is 0 Å². The van der Waals surface area contributed by atoms with E-state index in [9.17, 15) is 15.0 Å². The number of esters is 1. The number of aliphatic hydroxyl groups is 2. The fraction of sp³-hybridized carbons (Fsp3) is 0.429. The van der Waals surface area contributed by atoms with Gasteiger partial charge in [0.2, 0.25) is 0 Å². The number of aliphatic hydroxyl groups excluding tert-OH is 2. The van der Waals surface area contributed by atoms with Crippen molar-refractivity contribution in [2.45, 2.75) is 25.6 Å². The zero-order valence-electron chi connectivity index (χ0n) is 11.2. The third kappa shape index (κ3) is 4.53. The Kier molecular flexibility index (Phi) is 6.50. The molecule has 6 heteroatoms. The molecular formula is C14H17NO5. The third-order valence-electron chi connectivity index (χ3n) is 2.53. The predicted octanol–water partition coefficient (Wildman–Crippen LogP) is 0.936. The van der Waals surface area contributed by atoms with E-state index in [1.165, 1.54) is 12.1 Å². The van der Waals surface area contributed by atoms with Crippen LogP contribution in [0, 0.1) is 11.3 Å². The lowest BCUT2D eigenvalue weighted by Gasteiger charge is -2.17. The Morgan fingerprint density at radius 2 is 2.00 bits per heavy atom. The predicted molar refractivity (Wildman–Crippen MR) is 69.8 cm³/mol. The first kappa shape index (κ1) is 16.0. The minimum atomic E-state index is -1.62. The summed E-state index contributed by atoms with van der Waals surface area (Å²) in [7, 11) is 0. The molecule has 0 radical (unpaired) electrons. The average Bonchev–Trinajstić information content (AvgIpc) is 2.47. The molecule has 2 unspecified atom stereocenters. The number of hydrogen-bond acceptors (Lipinski definition) is 6. The van der Waals surface area contributed by atoms with Crippen LogP contribution in [0.2, 0.25) is 0 Å². The first-order valence-corrected chi connectivity index (χ1v) is 6.22. The minimum absolute atomic E-state index is 0.133. The van der Waals surface area contributed by atoms with Crippen LogP contribution in [0.4, 0.5) is 0 Å². The van der Waals surface area contributed by atoms with Crippen LogP contribution in [0.15, 0.2) is 24.3 Å². The largest absolute Gasteiger partial charge is 0.493 e. The summed E-state index contributed by atoms with van der Waals surface area (Å²) in [6.07, 6.45) is -2.70. The second kappa shape index (κ2) is 8.15. The van der Waals surface area contributed by atoms with Crippen LogP contribution in [0.25, 0.3) is 0 Å². The second-order valence-corrected chi connectivity index (χ2v) is 3.97. The Balaban J connectivity index is 2.63. The van der Waals surface area contributed by atoms with Gasteiger partial charge in [-0.2, -0.15) is 5.26 Å². The summed E-state index contributed by atoms with van der Waals surface area (Å²) >= 11 is 0. The molecule has 0 fully saturated rings. The van der Waals surface area contributed by atoms with Crippen molar-refractivity contribution in [1.29, 1.82) is 5.26 Å². The monoisotopic (exact) mass is 279 g/mol. The maximum atomic E-state index is 11.3. The van der Waals surface area contributed by atoms with Gasteiger partial charge in [-0.3, -0.25) is 0 Å². The molecule has 0 spiro atoms. The highest BCUT2D eigenvalue weighted by Gasteiger charge is 2.26. The fourth-order valence-electron chi connectivity index (χ4n) is 1.51. The van der Waals surface area contributed by atoms with E-state index in [0.717, 1.165) is 0 Å². The number of carbonyl (C=O) groups is 1. The van der Waals surface area contributed by atoms with Crippen LogP contribution in [0.5, 0.6) is 5.75 Å². The number of benzene rings is 1. The summed E-state index contributed by atoms with van der Waals surface area (Å²) < 4.78 is 9.90. The lowest BCUT2D eigenvalue weighted by atomic mass is 10.0. The number of carbonyl (C=O) groups excluding carboxylic acids is 1. The van der Waals surface area contributed by atoms with Gasteiger partial charge in [0.1, 0.15) is 18.5 Å². The van der Waals surface area contributed by atoms with Crippen LogP contribution in [-0.2, 0) is 9.53 Å². The van der Waals surface area contributed by atoms with Crippen molar-refractivity contribution in [2.75, 3.05) is 13.2 Å². The van der Waals surface area contributed by atoms with Gasteiger partial charge < -0.3 is 19.7 Å². The number of ether oxygens (including phenoxy) is 2. The van der Waals surface area contributed by atoms with Gasteiger partial charge in [0.25, 0.3) is 0 Å². The van der Waals surface area contributed by atoms with Crippen molar-refractivity contribution in [1.82, 2.24) is 0 Å². The van der Waals surface area contributed by atoms with E-state index < -0.39 is 18.2 Å². The molecule has 2 N–H and O–H groups in total. The molecule has 0 heterocycles. The van der Waals surface area contributed by atoms with E-state index in [4.69, 9.17) is 10.00 Å². The lowest BCUT2D eigenvalue weighted by Crippen LogP contribution is -2.29. The maximum absolute atomic E-state index is 11.3. The molecule has 0 bridgehead atoms. The Hall–Kier alpha value is -2.10. The number of nitriles is 1. The molecule has 2 atom stereocenters. The summed E-state index contributed by atoms with van der Waals surface area (Å²) in [4.78, 5) is 11.3. The molecule has 0 aliphatic carbocycles. The van der Waals surface area contributed by atoms with Crippen molar-refractivity contribution in [3.05, 3.63) is 29.8 Å². The molecule has 1 rings (SSSR count). The Labute approximate surface area is 117 Å². The molecule has 1 aromatic carbocycles. The van der Waals surface area contributed by atoms with Crippen molar-refractivity contribution in [2.24, 2.45) is 0 Å². The highest BCUT2D eigenvalue weighted by Crippen LogP contribution is 2.21. The lowest BCUT2D eigenvalue weighted by molar-refractivity contribution is -0.159. The molecule has 0 aliphatic rings. The van der Waals surface area contributed by atoms with E-state index in [1.54, 1.807) is 19.1 Å². The number of nitrogens with zero attached hydrogens (tertiary/aromatic N) is 1. The van der Waals surface area contributed by atoms with E-state index in [2.05, 4.69) is 4.74 Å². The molecule has 6 nitrogen and oxygen atoms in total. The molecule has 0 amide bonds. The van der Waals surface area contributed by atoms with E-state index in [1.807, 2.05) is 6.07 Å². The number of rotatable bonds is 7. The molecule has 0 aromatic heterocycles. The summed E-state index contributed by atoms with van der Waals surface area (Å²) in [5.74, 6) is -0.323. The minimum Gasteiger partial charge on any atom is -0.493 e. The quantitative estimate of drug-likeness (QED) is 0.569. The Bertz CT molecular complexity index is 465. The summed E-state index contributed by atoms with van der Waals surface area (Å²) in [6, 6.07) is 8.21. The average molecular weight is 279 g/mol. The van der Waals surface area contributed by atoms with Crippen molar-refractivity contribution >= 4 is 5.97 Å². The highest BCUT2D eigenvalue weighted by atomic mass is 16.5. The van der Waals surface area contributed by atoms with Gasteiger partial charge in [0.05, 0.1) is 19.1 Å². The van der Waals surface area contributed by atoms with E-state index in [0.29, 0.717) is 11.3 Å². The summed E-state index contributed by atoms with van der Waals surface area (Å²) in [5, 5.41) is 27.9. The topological polar surface area (TPSA) is 99.8 Å². The van der Waals surface area contributed by atoms with Gasteiger partial charge in [0, 0.05) is 0 Å². The van der Waals surface area contributed by atoms with Gasteiger partial charge in [-0.05, 0) is 24.6 Å². The smallest absolute Gasteiger partial charge is 0.338 e. The molecule has 1 aromatic rings. The standard InChI is InChI=1S/C14H17NO5/c1-2-19-14(18)13(17)12(16)10-4-6-11(7-5-10)20-9-3-8-15/h4-7,12-13,16-17H,2-3,9H2,1H3. The fourth-order valence-corrected chi connectivity index (χ4v) is 1.51. The molecule has 0 aliphatic heterocycles. The third-order valence-corrected chi connectivity index (χ3v) is 2.53. The molecular weight excluding hydrogens is 262 g/mol. The molecule has 108 valence electrons. The normalized spacial score (nSPS) is 13.1. The molecule has 0 saturated heterocycles. The van der Waals surface area contributed by atoms with Gasteiger partial charge in [0.15, 0.2) is 6.10 Å².